The molecule has 0 aromatic carbocycles. The highest BCUT2D eigenvalue weighted by Crippen LogP contribution is 2.34. The van der Waals surface area contributed by atoms with Gasteiger partial charge in [-0.15, -0.1) is 11.3 Å². The number of methoxy groups -OCH3 is 1. The van der Waals surface area contributed by atoms with Crippen LogP contribution in [0.4, 0.5) is 11.5 Å². The summed E-state index contributed by atoms with van der Waals surface area (Å²) in [6.07, 6.45) is 4.12. The van der Waals surface area contributed by atoms with Gasteiger partial charge >= 0.3 is 0 Å². The first-order valence-electron chi connectivity index (χ1n) is 11.4. The van der Waals surface area contributed by atoms with Gasteiger partial charge in [0.05, 0.1) is 17.0 Å². The highest BCUT2D eigenvalue weighted by atomic mass is 32.1. The van der Waals surface area contributed by atoms with E-state index >= 15 is 0 Å². The zero-order chi connectivity index (χ0) is 23.3. The maximum atomic E-state index is 13.0. The predicted molar refractivity (Wildman–Crippen MR) is 131 cm³/mol. The van der Waals surface area contributed by atoms with Crippen molar-refractivity contribution in [3.05, 3.63) is 40.2 Å². The number of nitrogen functional groups attached to an aromatic ring is 1. The van der Waals surface area contributed by atoms with E-state index in [4.69, 9.17) is 15.5 Å². The van der Waals surface area contributed by atoms with E-state index < -0.39 is 0 Å². The van der Waals surface area contributed by atoms with Crippen molar-refractivity contribution >= 4 is 39.1 Å². The number of aromatic nitrogens is 3. The number of hydrogen-bond acceptors (Lipinski definition) is 8. The average molecular weight is 467 g/mol. The van der Waals surface area contributed by atoms with Gasteiger partial charge in [-0.2, -0.15) is 0 Å². The van der Waals surface area contributed by atoms with Crippen LogP contribution < -0.4 is 16.0 Å². The number of anilines is 2. The molecule has 0 spiro atoms. The van der Waals surface area contributed by atoms with Gasteiger partial charge < -0.3 is 20.7 Å². The van der Waals surface area contributed by atoms with E-state index in [9.17, 15) is 4.79 Å². The van der Waals surface area contributed by atoms with Crippen LogP contribution in [0.1, 0.15) is 46.9 Å². The molecule has 1 aliphatic heterocycles. The molecule has 0 radical (unpaired) electrons. The monoisotopic (exact) mass is 466 g/mol. The highest BCUT2D eigenvalue weighted by molar-refractivity contribution is 7.21. The molecule has 174 valence electrons. The molecule has 4 heterocycles. The minimum atomic E-state index is -0.155. The summed E-state index contributed by atoms with van der Waals surface area (Å²) >= 11 is 1.30. The van der Waals surface area contributed by atoms with Crippen LogP contribution in [0.25, 0.3) is 10.3 Å². The lowest BCUT2D eigenvalue weighted by Gasteiger charge is -2.28. The average Bonchev–Trinajstić information content (AvgIpc) is 3.29. The van der Waals surface area contributed by atoms with Crippen molar-refractivity contribution in [2.24, 2.45) is 5.92 Å². The Morgan fingerprint density at radius 3 is 2.94 bits per heavy atom. The minimum Gasteiger partial charge on any atom is -0.396 e. The summed E-state index contributed by atoms with van der Waals surface area (Å²) < 4.78 is 5.77. The van der Waals surface area contributed by atoms with E-state index in [-0.39, 0.29) is 17.6 Å². The smallest absolute Gasteiger partial charge is 0.263 e. The number of nitrogens with one attached hydrogen (secondary N) is 1. The van der Waals surface area contributed by atoms with Crippen molar-refractivity contribution in [2.45, 2.75) is 51.7 Å². The van der Waals surface area contributed by atoms with Crippen molar-refractivity contribution < 1.29 is 9.53 Å². The number of hydrogen-bond donors (Lipinski definition) is 2. The quantitative estimate of drug-likeness (QED) is 0.608. The van der Waals surface area contributed by atoms with E-state index in [2.05, 4.69) is 46.2 Å². The summed E-state index contributed by atoms with van der Waals surface area (Å²) in [6, 6.07) is 4.31. The molecule has 1 saturated heterocycles. The van der Waals surface area contributed by atoms with Gasteiger partial charge in [-0.3, -0.25) is 4.79 Å². The normalized spacial score (nSPS) is 24.8. The predicted octanol–water partition coefficient (Wildman–Crippen LogP) is 3.13. The lowest BCUT2D eigenvalue weighted by molar-refractivity contribution is -0.00622. The molecule has 0 saturated carbocycles. The second kappa shape index (κ2) is 8.22. The molecule has 3 N–H and O–H groups in total. The number of amides is 1. The zero-order valence-corrected chi connectivity index (χ0v) is 20.3. The molecule has 33 heavy (non-hydrogen) atoms. The van der Waals surface area contributed by atoms with Crippen molar-refractivity contribution in [1.29, 1.82) is 0 Å². The molecule has 2 aliphatic rings. The Hall–Kier alpha value is -2.78. The Balaban J connectivity index is 1.28. The fraction of sp³-hybridized carbons (Fsp3) is 0.500. The number of carbonyl (C=O) groups excluding carboxylic acids is 1. The van der Waals surface area contributed by atoms with E-state index in [1.165, 1.54) is 16.9 Å². The minimum absolute atomic E-state index is 0.0495. The summed E-state index contributed by atoms with van der Waals surface area (Å²) in [7, 11) is 1.79. The molecule has 3 atom stereocenters. The van der Waals surface area contributed by atoms with Crippen molar-refractivity contribution in [3.63, 3.8) is 0 Å². The lowest BCUT2D eigenvalue weighted by Crippen LogP contribution is -2.39. The Morgan fingerprint density at radius 2 is 2.18 bits per heavy atom. The first kappa shape index (κ1) is 22.0. The van der Waals surface area contributed by atoms with Crippen LogP contribution in [0, 0.1) is 12.8 Å². The number of pyridine rings is 1. The Bertz CT molecular complexity index is 1230. The van der Waals surface area contributed by atoms with Crippen LogP contribution in [0.3, 0.4) is 0 Å². The third kappa shape index (κ3) is 3.93. The Morgan fingerprint density at radius 1 is 1.36 bits per heavy atom. The molecule has 3 aromatic heterocycles. The van der Waals surface area contributed by atoms with Crippen LogP contribution in [0.5, 0.6) is 0 Å². The number of nitrogens with two attached hydrogens (primary N) is 1. The number of thiophene rings is 1. The standard InChI is InChI=1S/C24H30N6O2S/c1-13-11-30(12-24(13,3)32-4)18-8-5-15-9-16(6-7-17(15)29-18)28-22(31)21-19(25)20-23(33-21)27-14(2)10-26-20/h5,8,10,13,16H,6-7,9,11-12,25H2,1-4H3,(H,28,31)/t13-,16+,24-/m1/s1. The van der Waals surface area contributed by atoms with Gasteiger partial charge in [-0.25, -0.2) is 15.0 Å². The Labute approximate surface area is 197 Å². The van der Waals surface area contributed by atoms with Gasteiger partial charge in [0.1, 0.15) is 21.0 Å². The number of ether oxygens (including phenoxy) is 1. The maximum Gasteiger partial charge on any atom is 0.263 e. The second-order valence-electron chi connectivity index (χ2n) is 9.50. The summed E-state index contributed by atoms with van der Waals surface area (Å²) in [5.74, 6) is 1.30. The summed E-state index contributed by atoms with van der Waals surface area (Å²) in [4.78, 5) is 30.2. The number of nitrogens with zero attached hydrogens (tertiary/aromatic N) is 4. The lowest BCUT2D eigenvalue weighted by atomic mass is 9.91. The number of carbonyl (C=O) groups is 1. The third-order valence-corrected chi connectivity index (χ3v) is 8.27. The molecule has 0 bridgehead atoms. The molecule has 1 aliphatic carbocycles. The van der Waals surface area contributed by atoms with E-state index in [0.717, 1.165) is 49.6 Å². The maximum absolute atomic E-state index is 13.0. The van der Waals surface area contributed by atoms with Crippen LogP contribution in [0.2, 0.25) is 0 Å². The number of fused-ring (bicyclic) bond motifs is 2. The topological polar surface area (TPSA) is 106 Å². The van der Waals surface area contributed by atoms with Crippen LogP contribution >= 0.6 is 11.3 Å². The molecule has 1 fully saturated rings. The first-order valence-corrected chi connectivity index (χ1v) is 12.2. The summed E-state index contributed by atoms with van der Waals surface area (Å²) in [6.45, 7) is 8.05. The Kier molecular flexibility index (Phi) is 5.49. The molecule has 5 rings (SSSR count). The fourth-order valence-electron chi connectivity index (χ4n) is 4.85. The fourth-order valence-corrected chi connectivity index (χ4v) is 5.85. The SMILES string of the molecule is CO[C@]1(C)CN(c2ccc3c(n2)CC[C@H](NC(=O)c2sc4nc(C)cnc4c2N)C3)C[C@H]1C. The highest BCUT2D eigenvalue weighted by Gasteiger charge is 2.41. The zero-order valence-electron chi connectivity index (χ0n) is 19.5. The second-order valence-corrected chi connectivity index (χ2v) is 10.5. The molecule has 9 heteroatoms. The van der Waals surface area contributed by atoms with Gasteiger partial charge in [0, 0.05) is 44.0 Å². The number of rotatable bonds is 4. The molecular formula is C24H30N6O2S. The van der Waals surface area contributed by atoms with Crippen LogP contribution in [0.15, 0.2) is 18.3 Å². The molecule has 8 nitrogen and oxygen atoms in total. The van der Waals surface area contributed by atoms with Gasteiger partial charge in [0.15, 0.2) is 0 Å². The van der Waals surface area contributed by atoms with Gasteiger partial charge in [0.25, 0.3) is 5.91 Å². The third-order valence-electron chi connectivity index (χ3n) is 7.18. The van der Waals surface area contributed by atoms with Gasteiger partial charge in [-0.1, -0.05) is 13.0 Å². The largest absolute Gasteiger partial charge is 0.396 e. The van der Waals surface area contributed by atoms with E-state index in [1.54, 1.807) is 13.3 Å². The molecule has 0 unspecified atom stereocenters. The van der Waals surface area contributed by atoms with Crippen molar-refractivity contribution in [1.82, 2.24) is 20.3 Å². The molecule has 3 aromatic rings. The van der Waals surface area contributed by atoms with E-state index in [1.807, 2.05) is 6.92 Å². The van der Waals surface area contributed by atoms with Crippen LogP contribution in [-0.2, 0) is 17.6 Å². The van der Waals surface area contributed by atoms with Gasteiger partial charge in [-0.05, 0) is 44.7 Å². The first-order chi connectivity index (χ1) is 15.8. The van der Waals surface area contributed by atoms with E-state index in [0.29, 0.717) is 26.8 Å². The molecule has 1 amide bonds. The van der Waals surface area contributed by atoms with Crippen molar-refractivity contribution in [2.75, 3.05) is 30.8 Å². The molecular weight excluding hydrogens is 436 g/mol. The van der Waals surface area contributed by atoms with Crippen molar-refractivity contribution in [3.8, 4) is 0 Å². The number of aryl methyl sites for hydroxylation is 2. The summed E-state index contributed by atoms with van der Waals surface area (Å²) in [5.41, 5.74) is 10.2. The van der Waals surface area contributed by atoms with Gasteiger partial charge in [0.2, 0.25) is 0 Å². The van der Waals surface area contributed by atoms with Crippen LogP contribution in [-0.4, -0.2) is 52.7 Å². The summed E-state index contributed by atoms with van der Waals surface area (Å²) in [5, 5.41) is 3.17.